The first-order valence-corrected chi connectivity index (χ1v) is 5.89. The van der Waals surface area contributed by atoms with Crippen molar-refractivity contribution in [3.8, 4) is 0 Å². The highest BCUT2D eigenvalue weighted by Gasteiger charge is 2.20. The van der Waals surface area contributed by atoms with Crippen LogP contribution in [-0.2, 0) is 6.42 Å². The fourth-order valence-corrected chi connectivity index (χ4v) is 2.08. The lowest BCUT2D eigenvalue weighted by Crippen LogP contribution is -2.00. The summed E-state index contributed by atoms with van der Waals surface area (Å²) < 4.78 is 0. The first-order valence-electron chi connectivity index (χ1n) is 5.89. The van der Waals surface area contributed by atoms with E-state index in [1.807, 2.05) is 13.0 Å². The Labute approximate surface area is 91.9 Å². The number of nitrogens with two attached hydrogens (primary N) is 1. The van der Waals surface area contributed by atoms with Gasteiger partial charge in [0.1, 0.15) is 5.82 Å². The Morgan fingerprint density at radius 2 is 2.13 bits per heavy atom. The fraction of sp³-hybridized carbons (Fsp3) is 0.615. The molecule has 1 aliphatic rings. The molecule has 1 aliphatic carbocycles. The second-order valence-electron chi connectivity index (χ2n) is 4.75. The molecule has 0 amide bonds. The van der Waals surface area contributed by atoms with Crippen LogP contribution in [0.5, 0.6) is 0 Å². The maximum atomic E-state index is 5.76. The molecule has 0 spiro atoms. The zero-order valence-electron chi connectivity index (χ0n) is 9.71. The Morgan fingerprint density at radius 1 is 1.40 bits per heavy atom. The average molecular weight is 204 g/mol. The second-order valence-corrected chi connectivity index (χ2v) is 4.75. The summed E-state index contributed by atoms with van der Waals surface area (Å²) in [6.07, 6.45) is 6.76. The Bertz CT molecular complexity index is 354. The molecule has 2 nitrogen and oxygen atoms in total. The highest BCUT2D eigenvalue weighted by Crippen LogP contribution is 2.34. The molecule has 0 saturated heterocycles. The van der Waals surface area contributed by atoms with Crippen LogP contribution in [0.4, 0.5) is 5.82 Å². The van der Waals surface area contributed by atoms with Gasteiger partial charge in [0.05, 0.1) is 0 Å². The molecule has 2 N–H and O–H groups in total. The number of aryl methyl sites for hydroxylation is 2. The summed E-state index contributed by atoms with van der Waals surface area (Å²) in [5.41, 5.74) is 9.55. The normalized spacial score (nSPS) is 15.6. The van der Waals surface area contributed by atoms with Crippen LogP contribution < -0.4 is 5.73 Å². The van der Waals surface area contributed by atoms with Crippen LogP contribution in [0.15, 0.2) is 6.07 Å². The molecule has 0 aliphatic heterocycles. The van der Waals surface area contributed by atoms with Gasteiger partial charge in [0.2, 0.25) is 0 Å². The maximum absolute atomic E-state index is 5.76. The lowest BCUT2D eigenvalue weighted by molar-refractivity contribution is 0.664. The Morgan fingerprint density at radius 3 is 2.80 bits per heavy atom. The van der Waals surface area contributed by atoms with Crippen molar-refractivity contribution < 1.29 is 0 Å². The monoisotopic (exact) mass is 204 g/mol. The van der Waals surface area contributed by atoms with Gasteiger partial charge in [-0.1, -0.05) is 19.3 Å². The molecular formula is C13H20N2. The second kappa shape index (κ2) is 4.21. The largest absolute Gasteiger partial charge is 0.384 e. The third-order valence-corrected chi connectivity index (χ3v) is 3.40. The van der Waals surface area contributed by atoms with Gasteiger partial charge in [0.15, 0.2) is 0 Å². The van der Waals surface area contributed by atoms with E-state index in [4.69, 9.17) is 5.73 Å². The summed E-state index contributed by atoms with van der Waals surface area (Å²) in [6.45, 7) is 4.18. The van der Waals surface area contributed by atoms with Crippen molar-refractivity contribution >= 4 is 5.82 Å². The molecule has 1 saturated carbocycles. The Kier molecular flexibility index (Phi) is 2.94. The molecule has 0 aromatic carbocycles. The molecule has 1 aromatic rings. The average Bonchev–Trinajstić information content (AvgIpc) is 2.97. The van der Waals surface area contributed by atoms with Crippen LogP contribution in [0.1, 0.15) is 42.5 Å². The summed E-state index contributed by atoms with van der Waals surface area (Å²) in [4.78, 5) is 4.27. The van der Waals surface area contributed by atoms with Crippen molar-refractivity contribution in [1.29, 1.82) is 0 Å². The molecule has 15 heavy (non-hydrogen) atoms. The van der Waals surface area contributed by atoms with Gasteiger partial charge in [-0.25, -0.2) is 4.98 Å². The Balaban J connectivity index is 1.98. The van der Waals surface area contributed by atoms with Gasteiger partial charge in [-0.05, 0) is 49.8 Å². The number of aromatic nitrogens is 1. The topological polar surface area (TPSA) is 38.9 Å². The standard InChI is InChI=1S/C13H20N2/c1-9-10(2)15-13(14)8-12(9)5-3-4-11-6-7-11/h8,11H,3-7H2,1-2H3,(H2,14,15). The van der Waals surface area contributed by atoms with E-state index in [2.05, 4.69) is 11.9 Å². The molecule has 0 bridgehead atoms. The van der Waals surface area contributed by atoms with E-state index >= 15 is 0 Å². The third kappa shape index (κ3) is 2.71. The Hall–Kier alpha value is -1.05. The van der Waals surface area contributed by atoms with Crippen LogP contribution in [0.25, 0.3) is 0 Å². The van der Waals surface area contributed by atoms with E-state index in [0.29, 0.717) is 5.82 Å². The van der Waals surface area contributed by atoms with Crippen molar-refractivity contribution in [2.75, 3.05) is 5.73 Å². The van der Waals surface area contributed by atoms with Gasteiger partial charge in [0, 0.05) is 5.69 Å². The zero-order chi connectivity index (χ0) is 10.8. The SMILES string of the molecule is Cc1nc(N)cc(CCCC2CC2)c1C. The van der Waals surface area contributed by atoms with Crippen LogP contribution in [0, 0.1) is 19.8 Å². The van der Waals surface area contributed by atoms with E-state index < -0.39 is 0 Å². The number of nitrogens with zero attached hydrogens (tertiary/aromatic N) is 1. The van der Waals surface area contributed by atoms with Crippen molar-refractivity contribution in [3.05, 3.63) is 22.9 Å². The van der Waals surface area contributed by atoms with E-state index in [0.717, 1.165) is 18.0 Å². The van der Waals surface area contributed by atoms with E-state index in [1.54, 1.807) is 0 Å². The van der Waals surface area contributed by atoms with Crippen LogP contribution >= 0.6 is 0 Å². The van der Waals surface area contributed by atoms with E-state index in [9.17, 15) is 0 Å². The number of rotatable bonds is 4. The van der Waals surface area contributed by atoms with Crippen molar-refractivity contribution in [2.45, 2.75) is 46.0 Å². The third-order valence-electron chi connectivity index (χ3n) is 3.40. The predicted molar refractivity (Wildman–Crippen MR) is 63.8 cm³/mol. The maximum Gasteiger partial charge on any atom is 0.123 e. The van der Waals surface area contributed by atoms with Crippen LogP contribution in [0.3, 0.4) is 0 Å². The highest BCUT2D eigenvalue weighted by molar-refractivity contribution is 5.40. The number of nitrogen functional groups attached to an aromatic ring is 1. The zero-order valence-corrected chi connectivity index (χ0v) is 9.71. The van der Waals surface area contributed by atoms with Crippen molar-refractivity contribution in [1.82, 2.24) is 4.98 Å². The molecule has 0 unspecified atom stereocenters. The summed E-state index contributed by atoms with van der Waals surface area (Å²) in [5, 5.41) is 0. The molecule has 2 heteroatoms. The van der Waals surface area contributed by atoms with Crippen LogP contribution in [0.2, 0.25) is 0 Å². The number of pyridine rings is 1. The van der Waals surface area contributed by atoms with Gasteiger partial charge < -0.3 is 5.73 Å². The predicted octanol–water partition coefficient (Wildman–Crippen LogP) is 3.01. The molecule has 2 rings (SSSR count). The minimum atomic E-state index is 0.666. The first kappa shape index (κ1) is 10.5. The minimum absolute atomic E-state index is 0.666. The van der Waals surface area contributed by atoms with Crippen LogP contribution in [-0.4, -0.2) is 4.98 Å². The molecule has 1 fully saturated rings. The summed E-state index contributed by atoms with van der Waals surface area (Å²) >= 11 is 0. The van der Waals surface area contributed by atoms with Crippen molar-refractivity contribution in [3.63, 3.8) is 0 Å². The van der Waals surface area contributed by atoms with Gasteiger partial charge in [-0.3, -0.25) is 0 Å². The summed E-state index contributed by atoms with van der Waals surface area (Å²) in [5.74, 6) is 1.70. The lowest BCUT2D eigenvalue weighted by Gasteiger charge is -2.09. The molecule has 82 valence electrons. The van der Waals surface area contributed by atoms with Gasteiger partial charge >= 0.3 is 0 Å². The van der Waals surface area contributed by atoms with Gasteiger partial charge in [-0.2, -0.15) is 0 Å². The molecule has 0 atom stereocenters. The number of hydrogen-bond acceptors (Lipinski definition) is 2. The highest BCUT2D eigenvalue weighted by atomic mass is 14.8. The number of hydrogen-bond donors (Lipinski definition) is 1. The lowest BCUT2D eigenvalue weighted by atomic mass is 10.0. The quantitative estimate of drug-likeness (QED) is 0.818. The fourth-order valence-electron chi connectivity index (χ4n) is 2.08. The smallest absolute Gasteiger partial charge is 0.123 e. The molecular weight excluding hydrogens is 184 g/mol. The molecule has 1 aromatic heterocycles. The summed E-state index contributed by atoms with van der Waals surface area (Å²) in [7, 11) is 0. The van der Waals surface area contributed by atoms with Gasteiger partial charge in [-0.15, -0.1) is 0 Å². The number of anilines is 1. The van der Waals surface area contributed by atoms with E-state index in [1.165, 1.54) is 36.8 Å². The minimum Gasteiger partial charge on any atom is -0.384 e. The molecule has 0 radical (unpaired) electrons. The molecule has 1 heterocycles. The van der Waals surface area contributed by atoms with E-state index in [-0.39, 0.29) is 0 Å². The van der Waals surface area contributed by atoms with Crippen molar-refractivity contribution in [2.24, 2.45) is 5.92 Å². The van der Waals surface area contributed by atoms with Gasteiger partial charge in [0.25, 0.3) is 0 Å². The summed E-state index contributed by atoms with van der Waals surface area (Å²) in [6, 6.07) is 2.04. The first-order chi connectivity index (χ1) is 7.16.